The van der Waals surface area contributed by atoms with Crippen LogP contribution < -0.4 is 19.9 Å². The van der Waals surface area contributed by atoms with Crippen molar-refractivity contribution < 1.29 is 14.3 Å². The Hall–Kier alpha value is -3.98. The van der Waals surface area contributed by atoms with Gasteiger partial charge in [-0.05, 0) is 51.0 Å². The van der Waals surface area contributed by atoms with Crippen LogP contribution in [0.25, 0.3) is 6.08 Å². The summed E-state index contributed by atoms with van der Waals surface area (Å²) >= 11 is 5.92. The average Bonchev–Trinajstić information content (AvgIpc) is 3.48. The molecular formula is C31H35ClN6O3. The lowest BCUT2D eigenvalue weighted by atomic mass is 9.91. The lowest BCUT2D eigenvalue weighted by Crippen LogP contribution is -2.45. The van der Waals surface area contributed by atoms with Crippen molar-refractivity contribution in [3.63, 3.8) is 0 Å². The zero-order valence-electron chi connectivity index (χ0n) is 23.9. The van der Waals surface area contributed by atoms with Crippen molar-refractivity contribution in [1.29, 1.82) is 0 Å². The van der Waals surface area contributed by atoms with E-state index in [1.807, 2.05) is 39.1 Å². The van der Waals surface area contributed by atoms with E-state index in [0.29, 0.717) is 47.0 Å². The quantitative estimate of drug-likeness (QED) is 0.356. The third kappa shape index (κ3) is 6.20. The summed E-state index contributed by atoms with van der Waals surface area (Å²) in [5.74, 6) is 1.87. The molecule has 0 radical (unpaired) electrons. The first kappa shape index (κ1) is 28.5. The summed E-state index contributed by atoms with van der Waals surface area (Å²) in [6.45, 7) is 4.65. The van der Waals surface area contributed by atoms with Gasteiger partial charge in [-0.25, -0.2) is 15.0 Å². The molecule has 1 aliphatic heterocycles. The molecular weight excluding hydrogens is 540 g/mol. The fourth-order valence-corrected chi connectivity index (χ4v) is 5.74. The molecule has 5 rings (SSSR count). The lowest BCUT2D eigenvalue weighted by Gasteiger charge is -2.34. The molecule has 1 N–H and O–H groups in total. The average molecular weight is 575 g/mol. The summed E-state index contributed by atoms with van der Waals surface area (Å²) in [7, 11) is 3.38. The molecule has 10 heteroatoms. The highest BCUT2D eigenvalue weighted by Crippen LogP contribution is 2.39. The van der Waals surface area contributed by atoms with Gasteiger partial charge in [0.15, 0.2) is 5.82 Å². The fraction of sp³-hybridized carbons (Fsp3) is 0.387. The van der Waals surface area contributed by atoms with Gasteiger partial charge >= 0.3 is 0 Å². The van der Waals surface area contributed by atoms with Crippen LogP contribution in [0.2, 0.25) is 5.15 Å². The Balaban J connectivity index is 1.34. The van der Waals surface area contributed by atoms with Gasteiger partial charge in [-0.3, -0.25) is 9.59 Å². The van der Waals surface area contributed by atoms with Gasteiger partial charge in [-0.15, -0.1) is 0 Å². The molecule has 2 amide bonds. The van der Waals surface area contributed by atoms with Crippen LogP contribution in [0.3, 0.4) is 0 Å². The van der Waals surface area contributed by atoms with Gasteiger partial charge in [0.25, 0.3) is 5.91 Å². The van der Waals surface area contributed by atoms with E-state index in [2.05, 4.69) is 20.2 Å². The number of anilines is 3. The number of rotatable bonds is 7. The fourth-order valence-electron chi connectivity index (χ4n) is 5.56. The second-order valence-corrected chi connectivity index (χ2v) is 11.6. The molecule has 0 spiro atoms. The highest BCUT2D eigenvalue weighted by Gasteiger charge is 2.41. The number of pyridine rings is 1. The van der Waals surface area contributed by atoms with Crippen molar-refractivity contribution in [2.75, 3.05) is 35.8 Å². The standard InChI is InChI=1S/C31H35ClN6O3/c1-31(2)19-38(23-9-5-6-10-23)28-24(37(3)30(31)40)18-34-27(36-28)11-7-8-20-12-13-21(16-25(20)41-4)29(39)35-22-14-15-33-26(32)17-22/h7-8,12-18,23H,5-6,9-11,19H2,1-4H3,(H,33,35,39)/b8-7+. The SMILES string of the molecule is COc1cc(C(=O)Nc2ccnc(Cl)c2)ccc1/C=C/Cc1ncc2c(n1)N(C1CCCC1)CC(C)(C)C(=O)N2C. The number of aromatic nitrogens is 3. The van der Waals surface area contributed by atoms with Gasteiger partial charge in [0, 0.05) is 49.1 Å². The van der Waals surface area contributed by atoms with Crippen molar-refractivity contribution in [3.8, 4) is 5.75 Å². The van der Waals surface area contributed by atoms with E-state index >= 15 is 0 Å². The number of hydrogen-bond acceptors (Lipinski definition) is 7. The van der Waals surface area contributed by atoms with E-state index in [-0.39, 0.29) is 11.8 Å². The van der Waals surface area contributed by atoms with Gasteiger partial charge in [-0.1, -0.05) is 42.7 Å². The number of carbonyl (C=O) groups excluding carboxylic acids is 2. The topological polar surface area (TPSA) is 101 Å². The molecule has 9 nitrogen and oxygen atoms in total. The monoisotopic (exact) mass is 574 g/mol. The minimum absolute atomic E-state index is 0.0734. The van der Waals surface area contributed by atoms with Gasteiger partial charge in [0.2, 0.25) is 5.91 Å². The van der Waals surface area contributed by atoms with Crippen LogP contribution >= 0.6 is 11.6 Å². The minimum atomic E-state index is -0.525. The number of nitrogens with one attached hydrogen (secondary N) is 1. The van der Waals surface area contributed by atoms with Crippen LogP contribution in [-0.4, -0.2) is 53.5 Å². The first-order valence-electron chi connectivity index (χ1n) is 13.8. The summed E-state index contributed by atoms with van der Waals surface area (Å²) in [6.07, 6.45) is 12.3. The molecule has 1 aliphatic carbocycles. The molecule has 0 bridgehead atoms. The van der Waals surface area contributed by atoms with Gasteiger partial charge in [0.05, 0.1) is 18.7 Å². The number of nitrogens with zero attached hydrogens (tertiary/aromatic N) is 5. The van der Waals surface area contributed by atoms with Crippen molar-refractivity contribution in [2.45, 2.75) is 52.0 Å². The molecule has 0 unspecified atom stereocenters. The Morgan fingerprint density at radius 2 is 1.98 bits per heavy atom. The first-order valence-corrected chi connectivity index (χ1v) is 14.2. The number of hydrogen-bond donors (Lipinski definition) is 1. The Morgan fingerprint density at radius 3 is 2.71 bits per heavy atom. The molecule has 2 aliphatic rings. The zero-order chi connectivity index (χ0) is 29.1. The van der Waals surface area contributed by atoms with Crippen LogP contribution in [-0.2, 0) is 11.2 Å². The number of halogens is 1. The van der Waals surface area contributed by atoms with Crippen LogP contribution in [0.15, 0.2) is 48.8 Å². The molecule has 214 valence electrons. The number of amides is 2. The maximum absolute atomic E-state index is 13.2. The number of fused-ring (bicyclic) bond motifs is 1. The largest absolute Gasteiger partial charge is 0.496 e. The van der Waals surface area contributed by atoms with Gasteiger partial charge in [-0.2, -0.15) is 0 Å². The maximum Gasteiger partial charge on any atom is 0.255 e. The van der Waals surface area contributed by atoms with E-state index < -0.39 is 5.41 Å². The van der Waals surface area contributed by atoms with Crippen LogP contribution in [0.5, 0.6) is 5.75 Å². The lowest BCUT2D eigenvalue weighted by molar-refractivity contribution is -0.125. The second kappa shape index (κ2) is 11.9. The van der Waals surface area contributed by atoms with E-state index in [4.69, 9.17) is 21.3 Å². The van der Waals surface area contributed by atoms with Crippen molar-refractivity contribution in [3.05, 3.63) is 70.9 Å². The molecule has 3 heterocycles. The zero-order valence-corrected chi connectivity index (χ0v) is 24.6. The predicted octanol–water partition coefficient (Wildman–Crippen LogP) is 5.79. The molecule has 2 aromatic heterocycles. The number of carbonyl (C=O) groups is 2. The second-order valence-electron chi connectivity index (χ2n) is 11.2. The van der Waals surface area contributed by atoms with Gasteiger partial charge in [0.1, 0.15) is 22.4 Å². The number of methoxy groups -OCH3 is 1. The first-order chi connectivity index (χ1) is 19.7. The third-order valence-electron chi connectivity index (χ3n) is 7.73. The van der Waals surface area contributed by atoms with Gasteiger partial charge < -0.3 is 19.9 Å². The highest BCUT2D eigenvalue weighted by atomic mass is 35.5. The van der Waals surface area contributed by atoms with Crippen LogP contribution in [0.1, 0.15) is 61.3 Å². The van der Waals surface area contributed by atoms with E-state index in [9.17, 15) is 9.59 Å². The predicted molar refractivity (Wildman–Crippen MR) is 162 cm³/mol. The molecule has 1 fully saturated rings. The number of ether oxygens (including phenoxy) is 1. The molecule has 1 aromatic carbocycles. The maximum atomic E-state index is 13.2. The van der Waals surface area contributed by atoms with Crippen molar-refractivity contribution in [2.24, 2.45) is 5.41 Å². The van der Waals surface area contributed by atoms with Crippen LogP contribution in [0, 0.1) is 5.41 Å². The Kier molecular flexibility index (Phi) is 8.26. The van der Waals surface area contributed by atoms with E-state index in [1.165, 1.54) is 19.0 Å². The van der Waals surface area contributed by atoms with E-state index in [1.54, 1.807) is 42.5 Å². The summed E-state index contributed by atoms with van der Waals surface area (Å²) in [6, 6.07) is 8.92. The summed E-state index contributed by atoms with van der Waals surface area (Å²) in [5, 5.41) is 3.12. The minimum Gasteiger partial charge on any atom is -0.496 e. The van der Waals surface area contributed by atoms with Crippen LogP contribution in [0.4, 0.5) is 17.2 Å². The summed E-state index contributed by atoms with van der Waals surface area (Å²) in [4.78, 5) is 43.5. The normalized spacial score (nSPS) is 17.0. The highest BCUT2D eigenvalue weighted by molar-refractivity contribution is 6.29. The van der Waals surface area contributed by atoms with Crippen molar-refractivity contribution in [1.82, 2.24) is 15.0 Å². The Morgan fingerprint density at radius 1 is 1.20 bits per heavy atom. The number of benzene rings is 1. The smallest absolute Gasteiger partial charge is 0.255 e. The van der Waals surface area contributed by atoms with E-state index in [0.717, 1.165) is 29.9 Å². The summed E-state index contributed by atoms with van der Waals surface area (Å²) in [5.41, 5.74) is 2.07. The van der Waals surface area contributed by atoms with Crippen molar-refractivity contribution >= 4 is 46.7 Å². The Labute approximate surface area is 245 Å². The molecule has 0 saturated heterocycles. The molecule has 0 atom stereocenters. The molecule has 1 saturated carbocycles. The Bertz CT molecular complexity index is 1480. The summed E-state index contributed by atoms with van der Waals surface area (Å²) < 4.78 is 5.57. The number of allylic oxidation sites excluding steroid dienone is 1. The molecule has 41 heavy (non-hydrogen) atoms. The molecule has 3 aromatic rings. The third-order valence-corrected chi connectivity index (χ3v) is 7.93.